The quantitative estimate of drug-likeness (QED) is 0.213. The van der Waals surface area contributed by atoms with Gasteiger partial charge in [-0.05, 0) is 61.7 Å². The van der Waals surface area contributed by atoms with E-state index in [1.807, 2.05) is 37.3 Å². The Morgan fingerprint density at radius 3 is 2.67 bits per heavy atom. The minimum atomic E-state index is -0.701. The number of nitrogens with zero attached hydrogens (tertiary/aromatic N) is 4. The number of carbonyl (C=O) groups excluding carboxylic acids is 2. The number of aromatic nitrogens is 3. The predicted octanol–water partition coefficient (Wildman–Crippen LogP) is 4.30. The van der Waals surface area contributed by atoms with Crippen molar-refractivity contribution >= 4 is 39.3 Å². The molecule has 1 amide bonds. The van der Waals surface area contributed by atoms with Gasteiger partial charge in [0.15, 0.2) is 5.49 Å². The maximum atomic E-state index is 14.1. The Labute approximate surface area is 240 Å². The maximum Gasteiger partial charge on any atom is 0.341 e. The number of ether oxygens (including phenoxy) is 3. The summed E-state index contributed by atoms with van der Waals surface area (Å²) >= 11 is 0. The molecule has 214 valence electrons. The number of benzene rings is 2. The third-order valence-corrected chi connectivity index (χ3v) is 7.31. The topological polar surface area (TPSA) is 113 Å². The number of amides is 1. The van der Waals surface area contributed by atoms with Crippen LogP contribution in [0.5, 0.6) is 5.75 Å². The zero-order chi connectivity index (χ0) is 29.2. The molecule has 0 N–H and O–H groups in total. The van der Waals surface area contributed by atoms with E-state index in [0.29, 0.717) is 35.6 Å². The second kappa shape index (κ2) is 11.6. The van der Waals surface area contributed by atoms with Gasteiger partial charge in [-0.3, -0.25) is 14.0 Å². The van der Waals surface area contributed by atoms with Crippen LogP contribution in [0.2, 0.25) is 0 Å². The molecule has 3 aromatic heterocycles. The minimum Gasteiger partial charge on any atom is -0.493 e. The molecule has 0 bridgehead atoms. The number of pyridine rings is 2. The van der Waals surface area contributed by atoms with Crippen molar-refractivity contribution < 1.29 is 23.8 Å². The third-order valence-electron chi connectivity index (χ3n) is 7.31. The van der Waals surface area contributed by atoms with Gasteiger partial charge in [0.1, 0.15) is 22.6 Å². The number of fused-ring (bicyclic) bond motifs is 3. The van der Waals surface area contributed by atoms with E-state index in [0.717, 1.165) is 18.2 Å². The summed E-state index contributed by atoms with van der Waals surface area (Å²) in [6.07, 6.45) is 3.05. The highest BCUT2D eigenvalue weighted by Crippen LogP contribution is 2.29. The van der Waals surface area contributed by atoms with E-state index in [-0.39, 0.29) is 46.8 Å². The first kappa shape index (κ1) is 27.3. The molecule has 5 aromatic rings. The molecule has 1 aliphatic rings. The molecule has 0 saturated carbocycles. The fraction of sp³-hybridized carbons (Fsp3) is 0.281. The van der Waals surface area contributed by atoms with Crippen molar-refractivity contribution in [3.8, 4) is 5.75 Å². The van der Waals surface area contributed by atoms with E-state index < -0.39 is 11.9 Å². The molecule has 42 heavy (non-hydrogen) atoms. The van der Waals surface area contributed by atoms with Crippen LogP contribution in [-0.4, -0.2) is 51.8 Å². The monoisotopic (exact) mass is 566 g/mol. The normalized spacial score (nSPS) is 15.5. The van der Waals surface area contributed by atoms with E-state index in [1.54, 1.807) is 42.0 Å². The molecule has 4 heterocycles. The minimum absolute atomic E-state index is 0.0105. The first-order valence-corrected chi connectivity index (χ1v) is 14.1. The summed E-state index contributed by atoms with van der Waals surface area (Å²) in [5.74, 6) is -0.914. The lowest BCUT2D eigenvalue weighted by Gasteiger charge is -2.18. The average Bonchev–Trinajstić information content (AvgIpc) is 3.52. The molecule has 0 unspecified atom stereocenters. The molecule has 0 spiro atoms. The van der Waals surface area contributed by atoms with Gasteiger partial charge in [-0.1, -0.05) is 36.4 Å². The van der Waals surface area contributed by atoms with Gasteiger partial charge < -0.3 is 18.8 Å². The third kappa shape index (κ3) is 4.94. The number of carbonyl (C=O) groups is 2. The number of esters is 1. The molecule has 0 aliphatic carbocycles. The van der Waals surface area contributed by atoms with Crippen molar-refractivity contribution in [1.29, 1.82) is 0 Å². The van der Waals surface area contributed by atoms with Crippen molar-refractivity contribution in [1.82, 2.24) is 14.0 Å². The Morgan fingerprint density at radius 1 is 1.05 bits per heavy atom. The SMILES string of the molecule is CCOC(=O)c1cc2c(=O)n3ccccc3nc2n(C[C@H]2CCCO2)c1=NC(=O)c1c(OCC)ccc2ccccc12. The Hall–Kier alpha value is -4.83. The summed E-state index contributed by atoms with van der Waals surface area (Å²) in [6.45, 7) is 4.81. The lowest BCUT2D eigenvalue weighted by molar-refractivity contribution is 0.0521. The van der Waals surface area contributed by atoms with Crippen molar-refractivity contribution in [2.75, 3.05) is 19.8 Å². The van der Waals surface area contributed by atoms with E-state index in [2.05, 4.69) is 4.99 Å². The Kier molecular flexibility index (Phi) is 7.54. The zero-order valence-electron chi connectivity index (χ0n) is 23.4. The highest BCUT2D eigenvalue weighted by atomic mass is 16.5. The summed E-state index contributed by atoms with van der Waals surface area (Å²) in [7, 11) is 0. The van der Waals surface area contributed by atoms with Crippen LogP contribution >= 0.6 is 0 Å². The van der Waals surface area contributed by atoms with Crippen molar-refractivity contribution in [3.05, 3.63) is 93.8 Å². The summed E-state index contributed by atoms with van der Waals surface area (Å²) in [6, 6.07) is 17.8. The average molecular weight is 567 g/mol. The first-order valence-electron chi connectivity index (χ1n) is 14.1. The van der Waals surface area contributed by atoms with Gasteiger partial charge in [-0.15, -0.1) is 0 Å². The second-order valence-corrected chi connectivity index (χ2v) is 9.94. The summed E-state index contributed by atoms with van der Waals surface area (Å²) < 4.78 is 20.2. The van der Waals surface area contributed by atoms with Crippen LogP contribution in [0.3, 0.4) is 0 Å². The van der Waals surface area contributed by atoms with Crippen LogP contribution in [0.15, 0.2) is 76.6 Å². The van der Waals surface area contributed by atoms with Crippen LogP contribution in [0.1, 0.15) is 47.4 Å². The van der Waals surface area contributed by atoms with Crippen molar-refractivity contribution in [2.24, 2.45) is 4.99 Å². The fourth-order valence-corrected chi connectivity index (χ4v) is 5.42. The molecule has 1 aliphatic heterocycles. The van der Waals surface area contributed by atoms with Gasteiger partial charge in [-0.25, -0.2) is 9.78 Å². The standard InChI is InChI=1S/C32H30N4O6/c1-3-40-25-15-14-20-10-5-6-12-22(20)27(25)30(37)34-29-24(32(39)41-4-2)18-23-28(36(29)19-21-11-9-17-42-21)33-26-13-7-8-16-35(26)31(23)38/h5-8,10,12-16,18,21H,3-4,9,11,17,19H2,1-2H3/t21-/m1/s1. The molecule has 10 heteroatoms. The number of rotatable bonds is 7. The molecule has 6 rings (SSSR count). The molecular formula is C32H30N4O6. The van der Waals surface area contributed by atoms with E-state index in [1.165, 1.54) is 10.5 Å². The fourth-order valence-electron chi connectivity index (χ4n) is 5.42. The molecule has 1 fully saturated rings. The molecule has 1 atom stereocenters. The Bertz CT molecular complexity index is 1970. The first-order chi connectivity index (χ1) is 20.5. The van der Waals surface area contributed by atoms with Crippen LogP contribution in [0.4, 0.5) is 0 Å². The van der Waals surface area contributed by atoms with Gasteiger partial charge in [0.25, 0.3) is 11.5 Å². The highest BCUT2D eigenvalue weighted by molar-refractivity contribution is 6.10. The summed E-state index contributed by atoms with van der Waals surface area (Å²) in [5.41, 5.74) is 0.676. The van der Waals surface area contributed by atoms with E-state index in [9.17, 15) is 14.4 Å². The number of hydrogen-bond donors (Lipinski definition) is 0. The van der Waals surface area contributed by atoms with Gasteiger partial charge in [0.05, 0.1) is 36.8 Å². The summed E-state index contributed by atoms with van der Waals surface area (Å²) in [5, 5.41) is 1.71. The second-order valence-electron chi connectivity index (χ2n) is 9.94. The predicted molar refractivity (Wildman–Crippen MR) is 157 cm³/mol. The maximum absolute atomic E-state index is 14.1. The zero-order valence-corrected chi connectivity index (χ0v) is 23.4. The highest BCUT2D eigenvalue weighted by Gasteiger charge is 2.25. The molecule has 1 saturated heterocycles. The largest absolute Gasteiger partial charge is 0.493 e. The molecular weight excluding hydrogens is 536 g/mol. The van der Waals surface area contributed by atoms with Crippen molar-refractivity contribution in [3.63, 3.8) is 0 Å². The van der Waals surface area contributed by atoms with E-state index in [4.69, 9.17) is 19.2 Å². The van der Waals surface area contributed by atoms with Crippen LogP contribution in [0, 0.1) is 0 Å². The van der Waals surface area contributed by atoms with E-state index >= 15 is 0 Å². The Balaban J connectivity index is 1.70. The van der Waals surface area contributed by atoms with Crippen molar-refractivity contribution in [2.45, 2.75) is 39.3 Å². The van der Waals surface area contributed by atoms with Gasteiger partial charge >= 0.3 is 5.97 Å². The lowest BCUT2D eigenvalue weighted by atomic mass is 10.0. The molecule has 2 aromatic carbocycles. The molecule has 0 radical (unpaired) electrons. The van der Waals surface area contributed by atoms with Crippen LogP contribution < -0.4 is 15.8 Å². The van der Waals surface area contributed by atoms with Gasteiger partial charge in [-0.2, -0.15) is 4.99 Å². The Morgan fingerprint density at radius 2 is 1.88 bits per heavy atom. The van der Waals surface area contributed by atoms with Crippen LogP contribution in [0.25, 0.3) is 27.5 Å². The number of hydrogen-bond acceptors (Lipinski definition) is 7. The van der Waals surface area contributed by atoms with Gasteiger partial charge in [0.2, 0.25) is 0 Å². The molecule has 10 nitrogen and oxygen atoms in total. The smallest absolute Gasteiger partial charge is 0.341 e. The van der Waals surface area contributed by atoms with Crippen LogP contribution in [-0.2, 0) is 16.0 Å². The lowest BCUT2D eigenvalue weighted by Crippen LogP contribution is -2.35. The van der Waals surface area contributed by atoms with Gasteiger partial charge in [0, 0.05) is 12.8 Å². The summed E-state index contributed by atoms with van der Waals surface area (Å²) in [4.78, 5) is 50.5.